The molecule has 2 aromatic carbocycles. The molecular formula is C17H19NO4. The number of hydrogen-bond acceptors (Lipinski definition) is 4. The van der Waals surface area contributed by atoms with Gasteiger partial charge < -0.3 is 19.5 Å². The molecule has 0 radical (unpaired) electrons. The van der Waals surface area contributed by atoms with E-state index in [9.17, 15) is 4.79 Å². The molecule has 5 heteroatoms. The predicted molar refractivity (Wildman–Crippen MR) is 84.9 cm³/mol. The Morgan fingerprint density at radius 1 is 0.955 bits per heavy atom. The molecule has 22 heavy (non-hydrogen) atoms. The maximum atomic E-state index is 12.3. The molecule has 0 atom stereocenters. The summed E-state index contributed by atoms with van der Waals surface area (Å²) in [7, 11) is 4.72. The van der Waals surface area contributed by atoms with E-state index in [2.05, 4.69) is 5.32 Å². The fourth-order valence-electron chi connectivity index (χ4n) is 2.14. The summed E-state index contributed by atoms with van der Waals surface area (Å²) < 4.78 is 15.7. The van der Waals surface area contributed by atoms with Gasteiger partial charge in [0.25, 0.3) is 0 Å². The summed E-state index contributed by atoms with van der Waals surface area (Å²) in [6.07, 6.45) is 0.179. The van der Waals surface area contributed by atoms with Gasteiger partial charge in [-0.2, -0.15) is 0 Å². The minimum Gasteiger partial charge on any atom is -0.497 e. The Morgan fingerprint density at radius 2 is 1.68 bits per heavy atom. The summed E-state index contributed by atoms with van der Waals surface area (Å²) in [6.45, 7) is 0. The number of para-hydroxylation sites is 2. The lowest BCUT2D eigenvalue weighted by Crippen LogP contribution is -2.15. The highest BCUT2D eigenvalue weighted by molar-refractivity contribution is 5.94. The van der Waals surface area contributed by atoms with Gasteiger partial charge in [-0.05, 0) is 30.3 Å². The quantitative estimate of drug-likeness (QED) is 0.891. The molecule has 0 saturated heterocycles. The molecule has 116 valence electrons. The first-order valence-corrected chi connectivity index (χ1v) is 6.81. The molecule has 1 N–H and O–H groups in total. The molecule has 2 aromatic rings. The molecule has 0 unspecified atom stereocenters. The van der Waals surface area contributed by atoms with Gasteiger partial charge in [0.15, 0.2) is 0 Å². The van der Waals surface area contributed by atoms with Gasteiger partial charge in [-0.1, -0.05) is 12.1 Å². The zero-order valence-electron chi connectivity index (χ0n) is 12.9. The highest BCUT2D eigenvalue weighted by Gasteiger charge is 2.12. The second kappa shape index (κ2) is 7.36. The van der Waals surface area contributed by atoms with Crippen molar-refractivity contribution in [1.29, 1.82) is 0 Å². The van der Waals surface area contributed by atoms with Crippen LogP contribution in [0.2, 0.25) is 0 Å². The smallest absolute Gasteiger partial charge is 0.229 e. The second-order valence-electron chi connectivity index (χ2n) is 4.60. The van der Waals surface area contributed by atoms with E-state index in [0.29, 0.717) is 22.9 Å². The van der Waals surface area contributed by atoms with E-state index in [-0.39, 0.29) is 12.3 Å². The molecule has 2 rings (SSSR count). The van der Waals surface area contributed by atoms with Crippen molar-refractivity contribution in [3.63, 3.8) is 0 Å². The SMILES string of the molecule is COc1ccc(OC)c(CC(=O)Nc2ccccc2OC)c1. The fourth-order valence-corrected chi connectivity index (χ4v) is 2.14. The Hall–Kier alpha value is -2.69. The van der Waals surface area contributed by atoms with Gasteiger partial charge in [0.2, 0.25) is 5.91 Å². The zero-order valence-corrected chi connectivity index (χ0v) is 12.9. The Balaban J connectivity index is 2.15. The van der Waals surface area contributed by atoms with Gasteiger partial charge in [-0.3, -0.25) is 4.79 Å². The number of rotatable bonds is 6. The third-order valence-corrected chi connectivity index (χ3v) is 3.22. The van der Waals surface area contributed by atoms with E-state index < -0.39 is 0 Å². The first-order valence-electron chi connectivity index (χ1n) is 6.81. The largest absolute Gasteiger partial charge is 0.497 e. The van der Waals surface area contributed by atoms with Crippen LogP contribution in [0.5, 0.6) is 17.2 Å². The minimum absolute atomic E-state index is 0.156. The van der Waals surface area contributed by atoms with Crippen molar-refractivity contribution in [2.24, 2.45) is 0 Å². The first kappa shape index (κ1) is 15.7. The van der Waals surface area contributed by atoms with Crippen LogP contribution in [-0.4, -0.2) is 27.2 Å². The maximum absolute atomic E-state index is 12.3. The summed E-state index contributed by atoms with van der Waals surface area (Å²) in [6, 6.07) is 12.6. The van der Waals surface area contributed by atoms with Crippen LogP contribution in [0.4, 0.5) is 5.69 Å². The van der Waals surface area contributed by atoms with Crippen molar-refractivity contribution < 1.29 is 19.0 Å². The number of benzene rings is 2. The lowest BCUT2D eigenvalue weighted by Gasteiger charge is -2.12. The van der Waals surface area contributed by atoms with Crippen molar-refractivity contribution >= 4 is 11.6 Å². The van der Waals surface area contributed by atoms with Gasteiger partial charge in [-0.15, -0.1) is 0 Å². The summed E-state index contributed by atoms with van der Waals surface area (Å²) in [5.41, 5.74) is 1.39. The molecule has 0 heterocycles. The van der Waals surface area contributed by atoms with Gasteiger partial charge in [-0.25, -0.2) is 0 Å². The average molecular weight is 301 g/mol. The van der Waals surface area contributed by atoms with Gasteiger partial charge in [0.05, 0.1) is 33.4 Å². The van der Waals surface area contributed by atoms with E-state index in [4.69, 9.17) is 14.2 Å². The Bertz CT molecular complexity index is 655. The third kappa shape index (κ3) is 3.69. The maximum Gasteiger partial charge on any atom is 0.229 e. The monoisotopic (exact) mass is 301 g/mol. The van der Waals surface area contributed by atoms with Crippen LogP contribution in [0.3, 0.4) is 0 Å². The molecule has 0 bridgehead atoms. The Morgan fingerprint density at radius 3 is 2.36 bits per heavy atom. The van der Waals surface area contributed by atoms with Crippen molar-refractivity contribution in [2.75, 3.05) is 26.6 Å². The molecule has 0 spiro atoms. The van der Waals surface area contributed by atoms with Crippen LogP contribution >= 0.6 is 0 Å². The number of methoxy groups -OCH3 is 3. The standard InChI is InChI=1S/C17H19NO4/c1-20-13-8-9-15(21-2)12(10-13)11-17(19)18-14-6-4-5-7-16(14)22-3/h4-10H,11H2,1-3H3,(H,18,19). The van der Waals surface area contributed by atoms with Crippen LogP contribution in [-0.2, 0) is 11.2 Å². The molecule has 0 aliphatic rings. The Labute approximate surface area is 129 Å². The zero-order chi connectivity index (χ0) is 15.9. The normalized spacial score (nSPS) is 9.95. The van der Waals surface area contributed by atoms with Crippen LogP contribution in [0, 0.1) is 0 Å². The van der Waals surface area contributed by atoms with Crippen LogP contribution in [0.25, 0.3) is 0 Å². The number of hydrogen-bond donors (Lipinski definition) is 1. The molecule has 0 aliphatic carbocycles. The topological polar surface area (TPSA) is 56.8 Å². The van der Waals surface area contributed by atoms with E-state index in [1.54, 1.807) is 51.7 Å². The number of anilines is 1. The molecule has 5 nitrogen and oxygen atoms in total. The number of ether oxygens (including phenoxy) is 3. The van der Waals surface area contributed by atoms with Crippen LogP contribution < -0.4 is 19.5 Å². The number of nitrogens with one attached hydrogen (secondary N) is 1. The van der Waals surface area contributed by atoms with Crippen molar-refractivity contribution in [2.45, 2.75) is 6.42 Å². The van der Waals surface area contributed by atoms with E-state index in [1.165, 1.54) is 0 Å². The molecule has 0 saturated carbocycles. The van der Waals surface area contributed by atoms with Crippen molar-refractivity contribution in [1.82, 2.24) is 0 Å². The first-order chi connectivity index (χ1) is 10.7. The predicted octanol–water partition coefficient (Wildman–Crippen LogP) is 2.89. The number of amides is 1. The summed E-state index contributed by atoms with van der Waals surface area (Å²) >= 11 is 0. The van der Waals surface area contributed by atoms with E-state index in [0.717, 1.165) is 5.56 Å². The second-order valence-corrected chi connectivity index (χ2v) is 4.60. The van der Waals surface area contributed by atoms with E-state index in [1.807, 2.05) is 12.1 Å². The fraction of sp³-hybridized carbons (Fsp3) is 0.235. The average Bonchev–Trinajstić information content (AvgIpc) is 2.55. The summed E-state index contributed by atoms with van der Waals surface area (Å²) in [4.78, 5) is 12.3. The van der Waals surface area contributed by atoms with Crippen LogP contribution in [0.15, 0.2) is 42.5 Å². The van der Waals surface area contributed by atoms with Crippen molar-refractivity contribution in [3.8, 4) is 17.2 Å². The van der Waals surface area contributed by atoms with Gasteiger partial charge >= 0.3 is 0 Å². The lowest BCUT2D eigenvalue weighted by atomic mass is 10.1. The number of carbonyl (C=O) groups excluding carboxylic acids is 1. The van der Waals surface area contributed by atoms with Gasteiger partial charge in [0, 0.05) is 5.56 Å². The van der Waals surface area contributed by atoms with Crippen LogP contribution in [0.1, 0.15) is 5.56 Å². The Kier molecular flexibility index (Phi) is 5.25. The molecular weight excluding hydrogens is 282 g/mol. The number of carbonyl (C=O) groups is 1. The van der Waals surface area contributed by atoms with Gasteiger partial charge in [0.1, 0.15) is 17.2 Å². The molecule has 1 amide bonds. The molecule has 0 fully saturated rings. The van der Waals surface area contributed by atoms with Crippen molar-refractivity contribution in [3.05, 3.63) is 48.0 Å². The summed E-state index contributed by atoms with van der Waals surface area (Å²) in [5.74, 6) is 1.79. The molecule has 0 aromatic heterocycles. The minimum atomic E-state index is -0.156. The highest BCUT2D eigenvalue weighted by Crippen LogP contribution is 2.26. The van der Waals surface area contributed by atoms with E-state index >= 15 is 0 Å². The summed E-state index contributed by atoms with van der Waals surface area (Å²) in [5, 5.41) is 2.84. The molecule has 0 aliphatic heterocycles. The third-order valence-electron chi connectivity index (χ3n) is 3.22. The highest BCUT2D eigenvalue weighted by atomic mass is 16.5. The lowest BCUT2D eigenvalue weighted by molar-refractivity contribution is -0.115.